The largest absolute Gasteiger partial charge is 0.383 e. The fourth-order valence-corrected chi connectivity index (χ4v) is 3.72. The van der Waals surface area contributed by atoms with Crippen LogP contribution in [0.4, 0.5) is 0 Å². The normalized spacial score (nSPS) is 17.8. The summed E-state index contributed by atoms with van der Waals surface area (Å²) >= 11 is 1.57. The van der Waals surface area contributed by atoms with Crippen LogP contribution < -0.4 is 0 Å². The Morgan fingerprint density at radius 3 is 3.21 bits per heavy atom. The molecule has 7 heteroatoms. The van der Waals surface area contributed by atoms with Crippen LogP contribution in [0.25, 0.3) is 10.6 Å². The molecule has 1 aliphatic rings. The van der Waals surface area contributed by atoms with Crippen LogP contribution >= 0.6 is 11.3 Å². The van der Waals surface area contributed by atoms with E-state index in [1.165, 1.54) is 0 Å². The first-order chi connectivity index (χ1) is 11.7. The Kier molecular flexibility index (Phi) is 5.65. The molecule has 3 heterocycles. The van der Waals surface area contributed by atoms with Gasteiger partial charge in [0, 0.05) is 38.9 Å². The van der Waals surface area contributed by atoms with E-state index in [4.69, 9.17) is 9.26 Å². The van der Waals surface area contributed by atoms with E-state index >= 15 is 0 Å². The van der Waals surface area contributed by atoms with E-state index in [1.54, 1.807) is 24.5 Å². The van der Waals surface area contributed by atoms with Gasteiger partial charge in [0.25, 0.3) is 5.91 Å². The molecule has 1 atom stereocenters. The topological polar surface area (TPSA) is 58.8 Å². The summed E-state index contributed by atoms with van der Waals surface area (Å²) in [5.41, 5.74) is 0.393. The third-order valence-corrected chi connectivity index (χ3v) is 5.22. The number of methoxy groups -OCH3 is 1. The van der Waals surface area contributed by atoms with Crippen molar-refractivity contribution in [3.05, 3.63) is 29.3 Å². The molecule has 3 rings (SSSR count). The average molecular weight is 349 g/mol. The second kappa shape index (κ2) is 7.92. The zero-order chi connectivity index (χ0) is 16.9. The maximum absolute atomic E-state index is 12.8. The Bertz CT molecular complexity index is 656. The number of carbonyl (C=O) groups excluding carboxylic acids is 1. The zero-order valence-corrected chi connectivity index (χ0v) is 14.9. The molecule has 0 unspecified atom stereocenters. The van der Waals surface area contributed by atoms with Crippen molar-refractivity contribution in [1.29, 1.82) is 0 Å². The van der Waals surface area contributed by atoms with E-state index in [9.17, 15) is 4.79 Å². The lowest BCUT2D eigenvalue weighted by atomic mass is 10.2. The summed E-state index contributed by atoms with van der Waals surface area (Å²) in [6, 6.07) is 5.89. The van der Waals surface area contributed by atoms with Gasteiger partial charge >= 0.3 is 0 Å². The summed E-state index contributed by atoms with van der Waals surface area (Å²) in [4.78, 5) is 17.9. The highest BCUT2D eigenvalue weighted by Crippen LogP contribution is 2.27. The quantitative estimate of drug-likeness (QED) is 0.769. The van der Waals surface area contributed by atoms with Gasteiger partial charge in [0.2, 0.25) is 0 Å². The molecule has 0 N–H and O–H groups in total. The molecule has 0 saturated carbocycles. The van der Waals surface area contributed by atoms with Crippen LogP contribution in [-0.4, -0.2) is 67.3 Å². The lowest BCUT2D eigenvalue weighted by Crippen LogP contribution is -2.43. The Balaban J connectivity index is 1.65. The summed E-state index contributed by atoms with van der Waals surface area (Å²) in [5, 5.41) is 5.96. The molecule has 1 amide bonds. The van der Waals surface area contributed by atoms with Crippen molar-refractivity contribution in [3.8, 4) is 10.6 Å². The SMILES string of the molecule is COCCN(C)C[C@@H]1CCCN1C(=O)c1cc(-c2cccs2)on1. The fourth-order valence-electron chi connectivity index (χ4n) is 3.05. The number of carbonyl (C=O) groups is 1. The van der Waals surface area contributed by atoms with Crippen LogP contribution in [0.3, 0.4) is 0 Å². The van der Waals surface area contributed by atoms with E-state index in [-0.39, 0.29) is 11.9 Å². The van der Waals surface area contributed by atoms with Gasteiger partial charge in [0.15, 0.2) is 11.5 Å². The molecule has 0 radical (unpaired) electrons. The van der Waals surface area contributed by atoms with E-state index in [2.05, 4.69) is 17.1 Å². The Hall–Kier alpha value is -1.70. The monoisotopic (exact) mass is 349 g/mol. The Morgan fingerprint density at radius 2 is 2.46 bits per heavy atom. The minimum Gasteiger partial charge on any atom is -0.383 e. The summed E-state index contributed by atoms with van der Waals surface area (Å²) < 4.78 is 10.5. The van der Waals surface area contributed by atoms with Crippen LogP contribution in [0.5, 0.6) is 0 Å². The number of hydrogen-bond donors (Lipinski definition) is 0. The molecule has 0 spiro atoms. The van der Waals surface area contributed by atoms with Gasteiger partial charge in [-0.15, -0.1) is 11.3 Å². The number of ether oxygens (including phenoxy) is 1. The first-order valence-corrected chi connectivity index (χ1v) is 9.06. The molecule has 1 saturated heterocycles. The number of amides is 1. The molecule has 130 valence electrons. The van der Waals surface area contributed by atoms with Gasteiger partial charge in [-0.25, -0.2) is 0 Å². The molecule has 1 aliphatic heterocycles. The fraction of sp³-hybridized carbons (Fsp3) is 0.529. The van der Waals surface area contributed by atoms with E-state index in [1.807, 2.05) is 22.4 Å². The molecule has 6 nitrogen and oxygen atoms in total. The minimum absolute atomic E-state index is 0.0378. The van der Waals surface area contributed by atoms with Crippen LogP contribution in [-0.2, 0) is 4.74 Å². The van der Waals surface area contributed by atoms with Crippen molar-refractivity contribution >= 4 is 17.2 Å². The first kappa shape index (κ1) is 17.1. The molecular formula is C17H23N3O3S. The second-order valence-corrected chi connectivity index (χ2v) is 7.05. The smallest absolute Gasteiger partial charge is 0.276 e. The Morgan fingerprint density at radius 1 is 1.58 bits per heavy atom. The third-order valence-electron chi connectivity index (χ3n) is 4.33. The zero-order valence-electron chi connectivity index (χ0n) is 14.1. The van der Waals surface area contributed by atoms with Gasteiger partial charge in [0.05, 0.1) is 11.5 Å². The van der Waals surface area contributed by atoms with Crippen LogP contribution in [0.2, 0.25) is 0 Å². The molecule has 1 fully saturated rings. The van der Waals surface area contributed by atoms with Crippen molar-refractivity contribution in [1.82, 2.24) is 15.0 Å². The molecule has 2 aromatic heterocycles. The van der Waals surface area contributed by atoms with E-state index < -0.39 is 0 Å². The Labute approximate surface area is 146 Å². The standard InChI is InChI=1S/C17H23N3O3S/c1-19(8-9-22-2)12-13-5-3-7-20(13)17(21)14-11-15(23-18-14)16-6-4-10-24-16/h4,6,10-11,13H,3,5,7-9,12H2,1-2H3/t13-/m0/s1. The molecule has 0 aromatic carbocycles. The van der Waals surface area contributed by atoms with E-state index in [0.717, 1.165) is 37.4 Å². The maximum atomic E-state index is 12.8. The maximum Gasteiger partial charge on any atom is 0.276 e. The first-order valence-electron chi connectivity index (χ1n) is 8.18. The van der Waals surface area contributed by atoms with Gasteiger partial charge in [-0.3, -0.25) is 4.79 Å². The van der Waals surface area contributed by atoms with Crippen LogP contribution in [0.15, 0.2) is 28.1 Å². The lowest BCUT2D eigenvalue weighted by Gasteiger charge is -2.28. The van der Waals surface area contributed by atoms with Crippen molar-refractivity contribution < 1.29 is 14.1 Å². The number of nitrogens with zero attached hydrogens (tertiary/aromatic N) is 3. The van der Waals surface area contributed by atoms with Gasteiger partial charge in [-0.1, -0.05) is 11.2 Å². The lowest BCUT2D eigenvalue weighted by molar-refractivity contribution is 0.0688. The predicted molar refractivity (Wildman–Crippen MR) is 93.2 cm³/mol. The van der Waals surface area contributed by atoms with Crippen LogP contribution in [0, 0.1) is 0 Å². The highest BCUT2D eigenvalue weighted by Gasteiger charge is 2.31. The van der Waals surface area contributed by atoms with Gasteiger partial charge in [0.1, 0.15) is 0 Å². The van der Waals surface area contributed by atoms with Crippen molar-refractivity contribution in [3.63, 3.8) is 0 Å². The van der Waals surface area contributed by atoms with Crippen molar-refractivity contribution in [2.75, 3.05) is 40.4 Å². The highest BCUT2D eigenvalue weighted by molar-refractivity contribution is 7.13. The number of hydrogen-bond acceptors (Lipinski definition) is 6. The number of likely N-dealkylation sites (N-methyl/N-ethyl adjacent to an activating group) is 1. The van der Waals surface area contributed by atoms with Gasteiger partial charge in [-0.05, 0) is 31.3 Å². The molecule has 0 aliphatic carbocycles. The number of likely N-dealkylation sites (tertiary alicyclic amines) is 1. The van der Waals surface area contributed by atoms with Crippen molar-refractivity contribution in [2.24, 2.45) is 0 Å². The molecule has 2 aromatic rings. The number of thiophene rings is 1. The number of aromatic nitrogens is 1. The minimum atomic E-state index is -0.0378. The average Bonchev–Trinajstić information content (AvgIpc) is 3.31. The molecule has 24 heavy (non-hydrogen) atoms. The summed E-state index contributed by atoms with van der Waals surface area (Å²) in [5.74, 6) is 0.616. The van der Waals surface area contributed by atoms with Crippen LogP contribution in [0.1, 0.15) is 23.3 Å². The summed E-state index contributed by atoms with van der Waals surface area (Å²) in [7, 11) is 3.76. The highest BCUT2D eigenvalue weighted by atomic mass is 32.1. The van der Waals surface area contributed by atoms with E-state index in [0.29, 0.717) is 18.1 Å². The predicted octanol–water partition coefficient (Wildman–Crippen LogP) is 2.59. The van der Waals surface area contributed by atoms with Gasteiger partial charge < -0.3 is 19.1 Å². The third kappa shape index (κ3) is 3.85. The van der Waals surface area contributed by atoms with Crippen molar-refractivity contribution in [2.45, 2.75) is 18.9 Å². The molecule has 0 bridgehead atoms. The summed E-state index contributed by atoms with van der Waals surface area (Å²) in [6.07, 6.45) is 2.06. The second-order valence-electron chi connectivity index (χ2n) is 6.10. The number of rotatable bonds is 7. The van der Waals surface area contributed by atoms with Gasteiger partial charge in [-0.2, -0.15) is 0 Å². The molecular weight excluding hydrogens is 326 g/mol. The summed E-state index contributed by atoms with van der Waals surface area (Å²) in [6.45, 7) is 3.19.